The molecule has 0 spiro atoms. The Balaban J connectivity index is 2.12. The summed E-state index contributed by atoms with van der Waals surface area (Å²) in [4.78, 5) is 22.6. The fourth-order valence-corrected chi connectivity index (χ4v) is 3.50. The summed E-state index contributed by atoms with van der Waals surface area (Å²) in [6.07, 6.45) is 3.79. The Morgan fingerprint density at radius 1 is 1.32 bits per heavy atom. The molecular formula is C19H27N7O2. The number of benzene rings is 1. The molecule has 1 saturated heterocycles. The minimum Gasteiger partial charge on any atom is -0.398 e. The van der Waals surface area contributed by atoms with E-state index < -0.39 is 4.92 Å². The van der Waals surface area contributed by atoms with Gasteiger partial charge >= 0.3 is 5.69 Å². The Labute approximate surface area is 164 Å². The van der Waals surface area contributed by atoms with Crippen molar-refractivity contribution in [1.82, 2.24) is 15.3 Å². The zero-order valence-corrected chi connectivity index (χ0v) is 16.3. The number of hydrogen-bond donors (Lipinski definition) is 3. The van der Waals surface area contributed by atoms with Crippen molar-refractivity contribution >= 4 is 22.9 Å². The number of nitrogen functional groups attached to an aromatic ring is 2. The van der Waals surface area contributed by atoms with Crippen LogP contribution in [-0.4, -0.2) is 41.1 Å². The molecule has 1 aromatic heterocycles. The quantitative estimate of drug-likeness (QED) is 0.375. The van der Waals surface area contributed by atoms with Crippen molar-refractivity contribution in [2.24, 2.45) is 0 Å². The number of anilines is 3. The smallest absolute Gasteiger partial charge is 0.305 e. The van der Waals surface area contributed by atoms with Gasteiger partial charge in [0.05, 0.1) is 4.92 Å². The Morgan fingerprint density at radius 3 is 2.71 bits per heavy atom. The number of aromatic nitrogens is 2. The number of nitrogens with two attached hydrogens (primary N) is 2. The lowest BCUT2D eigenvalue weighted by Crippen LogP contribution is -2.30. The Hall–Kier alpha value is -2.94. The van der Waals surface area contributed by atoms with Gasteiger partial charge in [-0.05, 0) is 38.4 Å². The highest BCUT2D eigenvalue weighted by molar-refractivity contribution is 5.87. The predicted octanol–water partition coefficient (Wildman–Crippen LogP) is 2.36. The zero-order chi connectivity index (χ0) is 20.3. The van der Waals surface area contributed by atoms with Crippen LogP contribution in [0.5, 0.6) is 0 Å². The Bertz CT molecular complexity index is 872. The lowest BCUT2D eigenvalue weighted by atomic mass is 10.1. The fourth-order valence-electron chi connectivity index (χ4n) is 3.50. The molecule has 1 fully saturated rings. The van der Waals surface area contributed by atoms with Crippen molar-refractivity contribution in [3.05, 3.63) is 34.0 Å². The molecule has 1 aliphatic rings. The molecule has 1 aliphatic heterocycles. The molecular weight excluding hydrogens is 358 g/mol. The van der Waals surface area contributed by atoms with Crippen molar-refractivity contribution in [1.29, 1.82) is 0 Å². The highest BCUT2D eigenvalue weighted by Gasteiger charge is 2.27. The molecule has 9 nitrogen and oxygen atoms in total. The van der Waals surface area contributed by atoms with E-state index in [9.17, 15) is 10.1 Å². The number of likely N-dealkylation sites (N-methyl/N-ethyl adjacent to an activating group) is 1. The third kappa shape index (κ3) is 3.99. The molecule has 3 rings (SSSR count). The lowest BCUT2D eigenvalue weighted by molar-refractivity contribution is -0.383. The monoisotopic (exact) mass is 385 g/mol. The topological polar surface area (TPSA) is 136 Å². The van der Waals surface area contributed by atoms with Gasteiger partial charge in [0, 0.05) is 36.6 Å². The molecule has 9 heteroatoms. The molecule has 0 amide bonds. The summed E-state index contributed by atoms with van der Waals surface area (Å²) < 4.78 is 0. The summed E-state index contributed by atoms with van der Waals surface area (Å²) in [5.74, 6) is 1.03. The van der Waals surface area contributed by atoms with Crippen LogP contribution in [0.1, 0.15) is 31.9 Å². The number of nitrogens with one attached hydrogen (secondary N) is 1. The number of unbranched alkanes of at least 4 members (excludes halogenated alkanes) is 1. The van der Waals surface area contributed by atoms with E-state index >= 15 is 0 Å². The molecule has 1 unspecified atom stereocenters. The van der Waals surface area contributed by atoms with E-state index in [0.717, 1.165) is 50.3 Å². The molecule has 0 saturated carbocycles. The van der Waals surface area contributed by atoms with Gasteiger partial charge in [-0.3, -0.25) is 10.1 Å². The van der Waals surface area contributed by atoms with Crippen LogP contribution in [0, 0.1) is 10.1 Å². The van der Waals surface area contributed by atoms with E-state index in [4.69, 9.17) is 11.5 Å². The van der Waals surface area contributed by atoms with Crippen molar-refractivity contribution in [3.63, 3.8) is 0 Å². The van der Waals surface area contributed by atoms with Gasteiger partial charge in [0.1, 0.15) is 17.1 Å². The number of nitro groups is 1. The first-order valence-corrected chi connectivity index (χ1v) is 9.57. The maximum atomic E-state index is 11.6. The summed E-state index contributed by atoms with van der Waals surface area (Å²) in [6.45, 7) is 3.81. The zero-order valence-electron chi connectivity index (χ0n) is 16.3. The molecule has 0 bridgehead atoms. The van der Waals surface area contributed by atoms with Crippen LogP contribution in [0.15, 0.2) is 18.2 Å². The first-order chi connectivity index (χ1) is 13.4. The van der Waals surface area contributed by atoms with Crippen LogP contribution in [0.2, 0.25) is 0 Å². The molecule has 0 radical (unpaired) electrons. The van der Waals surface area contributed by atoms with Gasteiger partial charge in [-0.2, -0.15) is 0 Å². The van der Waals surface area contributed by atoms with Gasteiger partial charge in [0.15, 0.2) is 5.82 Å². The average Bonchev–Trinajstić information content (AvgIpc) is 3.16. The minimum absolute atomic E-state index is 0.0507. The third-order valence-electron chi connectivity index (χ3n) is 5.12. The van der Waals surface area contributed by atoms with Crippen LogP contribution in [0.25, 0.3) is 11.4 Å². The second-order valence-electron chi connectivity index (χ2n) is 7.09. The standard InChI is InChI=1S/C19H27N7O2/c1-3-4-5-12-10-16(25-9-8-13(11-25)22-2)24-19(23-12)17-14(20)6-7-15(21)18(17)26(27)28/h6-7,10,13,22H,3-5,8-9,11,20-21H2,1-2H3. The van der Waals surface area contributed by atoms with Crippen LogP contribution in [-0.2, 0) is 6.42 Å². The SMILES string of the molecule is CCCCc1cc(N2CCC(NC)C2)nc(-c2c(N)ccc(N)c2[N+](=O)[O-])n1. The average molecular weight is 385 g/mol. The van der Waals surface area contributed by atoms with Gasteiger partial charge in [-0.1, -0.05) is 13.3 Å². The first kappa shape index (κ1) is 19.8. The highest BCUT2D eigenvalue weighted by Crippen LogP contribution is 2.38. The molecule has 5 N–H and O–H groups in total. The molecule has 2 aromatic rings. The van der Waals surface area contributed by atoms with Crippen molar-refractivity contribution in [3.8, 4) is 11.4 Å². The van der Waals surface area contributed by atoms with E-state index in [1.165, 1.54) is 6.07 Å². The Kier molecular flexibility index (Phi) is 5.93. The number of rotatable bonds is 7. The lowest BCUT2D eigenvalue weighted by Gasteiger charge is -2.19. The molecule has 1 aromatic carbocycles. The minimum atomic E-state index is -0.518. The largest absolute Gasteiger partial charge is 0.398 e. The highest BCUT2D eigenvalue weighted by atomic mass is 16.6. The summed E-state index contributed by atoms with van der Waals surface area (Å²) in [7, 11) is 1.95. The van der Waals surface area contributed by atoms with Gasteiger partial charge < -0.3 is 21.7 Å². The van der Waals surface area contributed by atoms with Crippen molar-refractivity contribution < 1.29 is 4.92 Å². The van der Waals surface area contributed by atoms with Crippen molar-refractivity contribution in [2.75, 3.05) is 36.5 Å². The number of nitro benzene ring substituents is 1. The maximum Gasteiger partial charge on any atom is 0.305 e. The van der Waals surface area contributed by atoms with Gasteiger partial charge in [0.25, 0.3) is 0 Å². The van der Waals surface area contributed by atoms with Crippen LogP contribution in [0.3, 0.4) is 0 Å². The second kappa shape index (κ2) is 8.39. The van der Waals surface area contributed by atoms with Gasteiger partial charge in [-0.25, -0.2) is 9.97 Å². The fraction of sp³-hybridized carbons (Fsp3) is 0.474. The maximum absolute atomic E-state index is 11.6. The first-order valence-electron chi connectivity index (χ1n) is 9.57. The van der Waals surface area contributed by atoms with E-state index in [1.54, 1.807) is 6.07 Å². The molecule has 2 heterocycles. The van der Waals surface area contributed by atoms with Crippen molar-refractivity contribution in [2.45, 2.75) is 38.6 Å². The second-order valence-corrected chi connectivity index (χ2v) is 7.09. The third-order valence-corrected chi connectivity index (χ3v) is 5.12. The van der Waals surface area contributed by atoms with Crippen LogP contribution >= 0.6 is 0 Å². The number of nitrogens with zero attached hydrogens (tertiary/aromatic N) is 4. The van der Waals surface area contributed by atoms with Crippen LogP contribution in [0.4, 0.5) is 22.9 Å². The summed E-state index contributed by atoms with van der Waals surface area (Å²) in [5.41, 5.74) is 13.1. The van der Waals surface area contributed by atoms with E-state index in [2.05, 4.69) is 27.1 Å². The summed E-state index contributed by atoms with van der Waals surface area (Å²) >= 11 is 0. The molecule has 150 valence electrons. The normalized spacial score (nSPS) is 16.5. The van der Waals surface area contributed by atoms with E-state index in [0.29, 0.717) is 6.04 Å². The predicted molar refractivity (Wildman–Crippen MR) is 111 cm³/mol. The summed E-state index contributed by atoms with van der Waals surface area (Å²) in [5, 5.41) is 14.9. The van der Waals surface area contributed by atoms with Gasteiger partial charge in [-0.15, -0.1) is 0 Å². The Morgan fingerprint density at radius 2 is 2.07 bits per heavy atom. The number of aryl methyl sites for hydroxylation is 1. The summed E-state index contributed by atoms with van der Waals surface area (Å²) in [6, 6.07) is 5.37. The van der Waals surface area contributed by atoms with E-state index in [-0.39, 0.29) is 28.5 Å². The number of hydrogen-bond acceptors (Lipinski definition) is 8. The van der Waals surface area contributed by atoms with Crippen LogP contribution < -0.4 is 21.7 Å². The van der Waals surface area contributed by atoms with Gasteiger partial charge in [0.2, 0.25) is 0 Å². The van der Waals surface area contributed by atoms with E-state index in [1.807, 2.05) is 13.1 Å². The molecule has 0 aliphatic carbocycles. The molecule has 1 atom stereocenters. The molecule has 28 heavy (non-hydrogen) atoms.